The number of para-hydroxylation sites is 1. The van der Waals surface area contributed by atoms with Crippen LogP contribution < -0.4 is 16.4 Å². The van der Waals surface area contributed by atoms with E-state index in [1.807, 2.05) is 56.0 Å². The van der Waals surface area contributed by atoms with Gasteiger partial charge in [-0.1, -0.05) is 32.0 Å². The van der Waals surface area contributed by atoms with Crippen LogP contribution in [0.3, 0.4) is 0 Å². The van der Waals surface area contributed by atoms with Gasteiger partial charge in [0.2, 0.25) is 5.91 Å². The maximum Gasteiger partial charge on any atom is 0.319 e. The van der Waals surface area contributed by atoms with Crippen molar-refractivity contribution in [2.45, 2.75) is 57.7 Å². The Morgan fingerprint density at radius 3 is 2.43 bits per heavy atom. The van der Waals surface area contributed by atoms with Crippen molar-refractivity contribution in [3.8, 4) is 0 Å². The number of piperidine rings is 1. The van der Waals surface area contributed by atoms with Gasteiger partial charge < -0.3 is 26.0 Å². The minimum absolute atomic E-state index is 0.000593. The van der Waals surface area contributed by atoms with Crippen molar-refractivity contribution in [3.63, 3.8) is 0 Å². The van der Waals surface area contributed by atoms with Crippen molar-refractivity contribution >= 4 is 17.6 Å². The van der Waals surface area contributed by atoms with E-state index < -0.39 is 5.54 Å². The number of hydrogen-bond acceptors (Lipinski definition) is 4. The molecular weight excluding hydrogens is 356 g/mol. The molecule has 3 rings (SSSR count). The molecule has 1 aromatic rings. The Morgan fingerprint density at radius 2 is 1.86 bits per heavy atom. The molecule has 154 valence electrons. The van der Waals surface area contributed by atoms with E-state index in [0.717, 1.165) is 18.5 Å². The van der Waals surface area contributed by atoms with Crippen LogP contribution in [0.5, 0.6) is 0 Å². The number of rotatable bonds is 5. The van der Waals surface area contributed by atoms with Gasteiger partial charge in [0.05, 0.1) is 6.10 Å². The van der Waals surface area contributed by atoms with Gasteiger partial charge in [-0.2, -0.15) is 0 Å². The van der Waals surface area contributed by atoms with Crippen LogP contribution in [-0.4, -0.2) is 54.2 Å². The van der Waals surface area contributed by atoms with E-state index in [9.17, 15) is 9.59 Å². The highest BCUT2D eigenvalue weighted by molar-refractivity contribution is 5.90. The molecule has 0 bridgehead atoms. The minimum Gasteiger partial charge on any atom is -0.378 e. The number of hydrogen-bond donors (Lipinski definition) is 3. The number of benzene rings is 1. The highest BCUT2D eigenvalue weighted by Crippen LogP contribution is 2.50. The SMILES string of the molecule is CCOC1CC(N)(C(=O)N2CCC(NC(=O)Nc3ccccc3)CC2)C1(C)C. The fraction of sp³-hybridized carbons (Fsp3) is 0.619. The molecule has 0 radical (unpaired) electrons. The molecule has 1 aliphatic carbocycles. The Morgan fingerprint density at radius 1 is 1.21 bits per heavy atom. The van der Waals surface area contributed by atoms with Crippen LogP contribution in [0.25, 0.3) is 0 Å². The summed E-state index contributed by atoms with van der Waals surface area (Å²) < 4.78 is 5.73. The first-order valence-corrected chi connectivity index (χ1v) is 10.1. The van der Waals surface area contributed by atoms with Gasteiger partial charge in [0, 0.05) is 43.3 Å². The molecule has 7 nitrogen and oxygen atoms in total. The van der Waals surface area contributed by atoms with Crippen LogP contribution in [0.2, 0.25) is 0 Å². The lowest BCUT2D eigenvalue weighted by molar-refractivity contribution is -0.180. The number of nitrogens with two attached hydrogens (primary N) is 1. The van der Waals surface area contributed by atoms with Gasteiger partial charge in [0.1, 0.15) is 5.54 Å². The first-order chi connectivity index (χ1) is 13.3. The molecule has 1 saturated heterocycles. The predicted molar refractivity (Wildman–Crippen MR) is 109 cm³/mol. The molecule has 2 aliphatic rings. The number of urea groups is 1. The van der Waals surface area contributed by atoms with Crippen molar-refractivity contribution in [1.29, 1.82) is 0 Å². The van der Waals surface area contributed by atoms with Gasteiger partial charge in [-0.15, -0.1) is 0 Å². The summed E-state index contributed by atoms with van der Waals surface area (Å²) >= 11 is 0. The van der Waals surface area contributed by atoms with Crippen LogP contribution in [0.15, 0.2) is 30.3 Å². The lowest BCUT2D eigenvalue weighted by Gasteiger charge is -2.59. The third-order valence-corrected chi connectivity index (χ3v) is 6.36. The van der Waals surface area contributed by atoms with Gasteiger partial charge in [-0.05, 0) is 31.9 Å². The Bertz CT molecular complexity index is 701. The van der Waals surface area contributed by atoms with Crippen LogP contribution in [0.1, 0.15) is 40.0 Å². The van der Waals surface area contributed by atoms with E-state index in [1.165, 1.54) is 0 Å². The number of ether oxygens (including phenoxy) is 1. The fourth-order valence-electron chi connectivity index (χ4n) is 4.18. The maximum atomic E-state index is 13.1. The Labute approximate surface area is 167 Å². The maximum absolute atomic E-state index is 13.1. The third-order valence-electron chi connectivity index (χ3n) is 6.36. The van der Waals surface area contributed by atoms with Gasteiger partial charge >= 0.3 is 6.03 Å². The normalized spacial score (nSPS) is 27.0. The molecule has 4 N–H and O–H groups in total. The molecule has 0 aromatic heterocycles. The number of amides is 3. The number of likely N-dealkylation sites (tertiary alicyclic amines) is 1. The van der Waals surface area contributed by atoms with Crippen molar-refractivity contribution in [3.05, 3.63) is 30.3 Å². The number of anilines is 1. The van der Waals surface area contributed by atoms with Crippen molar-refractivity contribution in [1.82, 2.24) is 10.2 Å². The molecule has 2 fully saturated rings. The summed E-state index contributed by atoms with van der Waals surface area (Å²) in [5.74, 6) is 0.000593. The second kappa shape index (κ2) is 8.09. The van der Waals surface area contributed by atoms with Crippen LogP contribution in [0.4, 0.5) is 10.5 Å². The van der Waals surface area contributed by atoms with Crippen molar-refractivity contribution < 1.29 is 14.3 Å². The number of carbonyl (C=O) groups is 2. The van der Waals surface area contributed by atoms with Gasteiger partial charge in [-0.25, -0.2) is 4.79 Å². The number of nitrogens with zero attached hydrogens (tertiary/aromatic N) is 1. The monoisotopic (exact) mass is 388 g/mol. The highest BCUT2D eigenvalue weighted by Gasteiger charge is 2.63. The molecular formula is C21H32N4O3. The zero-order chi connectivity index (χ0) is 20.4. The zero-order valence-electron chi connectivity index (χ0n) is 17.0. The third kappa shape index (κ3) is 3.86. The Hall–Kier alpha value is -2.12. The summed E-state index contributed by atoms with van der Waals surface area (Å²) in [4.78, 5) is 27.1. The lowest BCUT2D eigenvalue weighted by Crippen LogP contribution is -2.76. The van der Waals surface area contributed by atoms with Gasteiger partial charge in [0.15, 0.2) is 0 Å². The van der Waals surface area contributed by atoms with Crippen LogP contribution in [0, 0.1) is 5.41 Å². The standard InChI is InChI=1S/C21H32N4O3/c1-4-28-17-14-21(22,20(17,2)3)18(26)25-12-10-16(11-13-25)24-19(27)23-15-8-6-5-7-9-15/h5-9,16-17H,4,10-14,22H2,1-3H3,(H2,23,24,27). The van der Waals surface area contributed by atoms with Crippen LogP contribution in [-0.2, 0) is 9.53 Å². The van der Waals surface area contributed by atoms with Crippen molar-refractivity contribution in [2.24, 2.45) is 11.1 Å². The molecule has 2 unspecified atom stereocenters. The molecule has 1 aromatic carbocycles. The Kier molecular flexibility index (Phi) is 5.95. The van der Waals surface area contributed by atoms with E-state index >= 15 is 0 Å². The molecule has 3 amide bonds. The molecule has 1 heterocycles. The molecule has 0 spiro atoms. The van der Waals surface area contributed by atoms with E-state index in [4.69, 9.17) is 10.5 Å². The second-order valence-corrected chi connectivity index (χ2v) is 8.37. The van der Waals surface area contributed by atoms with Crippen LogP contribution >= 0.6 is 0 Å². The first kappa shape index (κ1) is 20.6. The first-order valence-electron chi connectivity index (χ1n) is 10.1. The molecule has 7 heteroatoms. The average molecular weight is 389 g/mol. The zero-order valence-corrected chi connectivity index (χ0v) is 17.0. The lowest BCUT2D eigenvalue weighted by atomic mass is 9.54. The summed E-state index contributed by atoms with van der Waals surface area (Å²) in [5.41, 5.74) is 6.02. The average Bonchev–Trinajstić information content (AvgIpc) is 2.68. The minimum atomic E-state index is -0.877. The Balaban J connectivity index is 1.49. The predicted octanol–water partition coefficient (Wildman–Crippen LogP) is 2.33. The number of carbonyl (C=O) groups excluding carboxylic acids is 2. The van der Waals surface area contributed by atoms with E-state index in [0.29, 0.717) is 26.1 Å². The summed E-state index contributed by atoms with van der Waals surface area (Å²) in [6.45, 7) is 7.81. The summed E-state index contributed by atoms with van der Waals surface area (Å²) in [7, 11) is 0. The van der Waals surface area contributed by atoms with Gasteiger partial charge in [-0.3, -0.25) is 4.79 Å². The highest BCUT2D eigenvalue weighted by atomic mass is 16.5. The molecule has 28 heavy (non-hydrogen) atoms. The topological polar surface area (TPSA) is 96.7 Å². The smallest absolute Gasteiger partial charge is 0.319 e. The molecule has 1 aliphatic heterocycles. The van der Waals surface area contributed by atoms with E-state index in [1.54, 1.807) is 0 Å². The van der Waals surface area contributed by atoms with E-state index in [2.05, 4.69) is 10.6 Å². The summed E-state index contributed by atoms with van der Waals surface area (Å²) in [6.07, 6.45) is 2.02. The largest absolute Gasteiger partial charge is 0.378 e. The fourth-order valence-corrected chi connectivity index (χ4v) is 4.18. The van der Waals surface area contributed by atoms with Gasteiger partial charge in [0.25, 0.3) is 0 Å². The summed E-state index contributed by atoms with van der Waals surface area (Å²) in [6, 6.07) is 9.17. The molecule has 1 saturated carbocycles. The number of nitrogens with one attached hydrogen (secondary N) is 2. The molecule has 2 atom stereocenters. The van der Waals surface area contributed by atoms with Crippen molar-refractivity contribution in [2.75, 3.05) is 25.0 Å². The van der Waals surface area contributed by atoms with E-state index in [-0.39, 0.29) is 29.5 Å². The quantitative estimate of drug-likeness (QED) is 0.721. The summed E-state index contributed by atoms with van der Waals surface area (Å²) in [5, 5.41) is 5.82. The second-order valence-electron chi connectivity index (χ2n) is 8.37.